The van der Waals surface area contributed by atoms with Gasteiger partial charge in [-0.15, -0.1) is 0 Å². The van der Waals surface area contributed by atoms with Gasteiger partial charge in [0.1, 0.15) is 0 Å². The van der Waals surface area contributed by atoms with Crippen molar-refractivity contribution in [1.29, 1.82) is 0 Å². The summed E-state index contributed by atoms with van der Waals surface area (Å²) in [6.07, 6.45) is 1.80. The molecule has 3 heteroatoms. The number of primary amides is 1. The minimum Gasteiger partial charge on any atom is -0.369 e. The maximum atomic E-state index is 11.1. The fourth-order valence-corrected chi connectivity index (χ4v) is 2.49. The lowest BCUT2D eigenvalue weighted by Gasteiger charge is -2.06. The summed E-state index contributed by atoms with van der Waals surface area (Å²) in [6.45, 7) is 0. The number of carbonyl (C=O) groups excluding carboxylic acids is 1. The molecule has 1 aromatic carbocycles. The molecule has 0 aliphatic heterocycles. The predicted molar refractivity (Wildman–Crippen MR) is 54.4 cm³/mol. The Morgan fingerprint density at radius 3 is 3.00 bits per heavy atom. The SMILES string of the molecule is NC(=O)C1CCc2c(Br)cccc21. The van der Waals surface area contributed by atoms with Gasteiger partial charge in [0.2, 0.25) is 5.91 Å². The Bertz CT molecular complexity index is 362. The fourth-order valence-electron chi connectivity index (χ4n) is 1.91. The molecule has 1 aromatic rings. The lowest BCUT2D eigenvalue weighted by Crippen LogP contribution is -2.19. The van der Waals surface area contributed by atoms with Crippen molar-refractivity contribution in [1.82, 2.24) is 0 Å². The summed E-state index contributed by atoms with van der Waals surface area (Å²) in [4.78, 5) is 11.1. The van der Waals surface area contributed by atoms with Gasteiger partial charge in [-0.3, -0.25) is 4.79 Å². The van der Waals surface area contributed by atoms with Crippen molar-refractivity contribution in [2.24, 2.45) is 5.73 Å². The number of nitrogens with two attached hydrogens (primary N) is 1. The second-order valence-corrected chi connectivity index (χ2v) is 4.16. The third-order valence-corrected chi connectivity index (χ3v) is 3.30. The van der Waals surface area contributed by atoms with Crippen LogP contribution in [0.4, 0.5) is 0 Å². The van der Waals surface area contributed by atoms with Gasteiger partial charge < -0.3 is 5.73 Å². The van der Waals surface area contributed by atoms with Gasteiger partial charge >= 0.3 is 0 Å². The molecule has 0 aromatic heterocycles. The Morgan fingerprint density at radius 1 is 1.54 bits per heavy atom. The van der Waals surface area contributed by atoms with Crippen LogP contribution in [-0.4, -0.2) is 5.91 Å². The molecule has 1 unspecified atom stereocenters. The average Bonchev–Trinajstić information content (AvgIpc) is 2.48. The van der Waals surface area contributed by atoms with Crippen molar-refractivity contribution >= 4 is 21.8 Å². The molecule has 2 rings (SSSR count). The molecule has 0 heterocycles. The summed E-state index contributed by atoms with van der Waals surface area (Å²) in [6, 6.07) is 5.94. The Labute approximate surface area is 85.3 Å². The highest BCUT2D eigenvalue weighted by Gasteiger charge is 2.27. The number of amides is 1. The summed E-state index contributed by atoms with van der Waals surface area (Å²) in [5, 5.41) is 0. The molecule has 0 fully saturated rings. The second-order valence-electron chi connectivity index (χ2n) is 3.30. The van der Waals surface area contributed by atoms with Crippen LogP contribution in [0.25, 0.3) is 0 Å². The minimum atomic E-state index is -0.211. The summed E-state index contributed by atoms with van der Waals surface area (Å²) < 4.78 is 1.09. The van der Waals surface area contributed by atoms with E-state index in [0.717, 1.165) is 22.9 Å². The van der Waals surface area contributed by atoms with E-state index in [1.54, 1.807) is 0 Å². The lowest BCUT2D eigenvalue weighted by molar-refractivity contribution is -0.119. The zero-order valence-electron chi connectivity index (χ0n) is 7.09. The summed E-state index contributed by atoms with van der Waals surface area (Å²) >= 11 is 3.47. The Morgan fingerprint density at radius 2 is 2.31 bits per heavy atom. The van der Waals surface area contributed by atoms with Crippen LogP contribution < -0.4 is 5.73 Å². The highest BCUT2D eigenvalue weighted by molar-refractivity contribution is 9.10. The first kappa shape index (κ1) is 8.75. The third kappa shape index (κ3) is 1.37. The minimum absolute atomic E-state index is 0.0764. The van der Waals surface area contributed by atoms with Crippen LogP contribution in [0.2, 0.25) is 0 Å². The van der Waals surface area contributed by atoms with E-state index < -0.39 is 0 Å². The average molecular weight is 240 g/mol. The second kappa shape index (κ2) is 3.14. The molecular weight excluding hydrogens is 230 g/mol. The fraction of sp³-hybridized carbons (Fsp3) is 0.300. The molecule has 2 N–H and O–H groups in total. The molecular formula is C10H10BrNO. The highest BCUT2D eigenvalue weighted by Crippen LogP contribution is 2.36. The Balaban J connectivity index is 2.49. The summed E-state index contributed by atoms with van der Waals surface area (Å²) in [5.41, 5.74) is 7.65. The van der Waals surface area contributed by atoms with E-state index in [9.17, 15) is 4.79 Å². The van der Waals surface area contributed by atoms with Crippen LogP contribution >= 0.6 is 15.9 Å². The molecule has 0 radical (unpaired) electrons. The van der Waals surface area contributed by atoms with Gasteiger partial charge in [0.15, 0.2) is 0 Å². The van der Waals surface area contributed by atoms with Gasteiger partial charge in [-0.1, -0.05) is 28.1 Å². The van der Waals surface area contributed by atoms with E-state index in [-0.39, 0.29) is 11.8 Å². The van der Waals surface area contributed by atoms with E-state index in [0.29, 0.717) is 0 Å². The molecule has 0 saturated carbocycles. The Kier molecular flexibility index (Phi) is 2.12. The van der Waals surface area contributed by atoms with Crippen LogP contribution in [0, 0.1) is 0 Å². The molecule has 68 valence electrons. The molecule has 13 heavy (non-hydrogen) atoms. The first-order valence-electron chi connectivity index (χ1n) is 4.26. The monoisotopic (exact) mass is 239 g/mol. The molecule has 2 nitrogen and oxygen atoms in total. The van der Waals surface area contributed by atoms with E-state index in [4.69, 9.17) is 5.73 Å². The number of fused-ring (bicyclic) bond motifs is 1. The third-order valence-electron chi connectivity index (χ3n) is 2.56. The molecule has 0 saturated heterocycles. The molecule has 1 aliphatic rings. The summed E-state index contributed by atoms with van der Waals surface area (Å²) in [7, 11) is 0. The van der Waals surface area contributed by atoms with Crippen molar-refractivity contribution in [3.63, 3.8) is 0 Å². The largest absolute Gasteiger partial charge is 0.369 e. The van der Waals surface area contributed by atoms with Crippen molar-refractivity contribution in [3.8, 4) is 0 Å². The summed E-state index contributed by atoms with van der Waals surface area (Å²) in [5.74, 6) is -0.288. The van der Waals surface area contributed by atoms with Gasteiger partial charge in [-0.25, -0.2) is 0 Å². The van der Waals surface area contributed by atoms with Crippen molar-refractivity contribution in [2.45, 2.75) is 18.8 Å². The van der Waals surface area contributed by atoms with Gasteiger partial charge in [-0.05, 0) is 30.0 Å². The highest BCUT2D eigenvalue weighted by atomic mass is 79.9. The predicted octanol–water partition coefficient (Wildman–Crippen LogP) is 1.96. The molecule has 0 spiro atoms. The molecule has 0 bridgehead atoms. The lowest BCUT2D eigenvalue weighted by atomic mass is 10.0. The molecule has 1 amide bonds. The number of benzene rings is 1. The number of carbonyl (C=O) groups is 1. The van der Waals surface area contributed by atoms with Crippen molar-refractivity contribution in [2.75, 3.05) is 0 Å². The quantitative estimate of drug-likeness (QED) is 0.801. The van der Waals surface area contributed by atoms with Crippen LogP contribution in [0.1, 0.15) is 23.5 Å². The van der Waals surface area contributed by atoms with Crippen LogP contribution in [-0.2, 0) is 11.2 Å². The molecule has 1 aliphatic carbocycles. The number of hydrogen-bond donors (Lipinski definition) is 1. The van der Waals surface area contributed by atoms with E-state index in [1.165, 1.54) is 5.56 Å². The Hall–Kier alpha value is -0.830. The number of rotatable bonds is 1. The maximum Gasteiger partial charge on any atom is 0.224 e. The van der Waals surface area contributed by atoms with Crippen molar-refractivity contribution in [3.05, 3.63) is 33.8 Å². The van der Waals surface area contributed by atoms with Gasteiger partial charge in [-0.2, -0.15) is 0 Å². The maximum absolute atomic E-state index is 11.1. The van der Waals surface area contributed by atoms with Crippen LogP contribution in [0.3, 0.4) is 0 Å². The number of hydrogen-bond acceptors (Lipinski definition) is 1. The number of halogens is 1. The molecule has 1 atom stereocenters. The zero-order valence-corrected chi connectivity index (χ0v) is 8.67. The van der Waals surface area contributed by atoms with Crippen LogP contribution in [0.15, 0.2) is 22.7 Å². The normalized spacial score (nSPS) is 19.9. The smallest absolute Gasteiger partial charge is 0.224 e. The van der Waals surface area contributed by atoms with Crippen molar-refractivity contribution < 1.29 is 4.79 Å². The van der Waals surface area contributed by atoms with E-state index in [1.807, 2.05) is 18.2 Å². The zero-order chi connectivity index (χ0) is 9.42. The van der Waals surface area contributed by atoms with Gasteiger partial charge in [0.05, 0.1) is 5.92 Å². The first-order chi connectivity index (χ1) is 6.20. The topological polar surface area (TPSA) is 43.1 Å². The standard InChI is InChI=1S/C10H10BrNO/c11-9-3-1-2-6-7(9)4-5-8(6)10(12)13/h1-3,8H,4-5H2,(H2,12,13). The van der Waals surface area contributed by atoms with Gasteiger partial charge in [0.25, 0.3) is 0 Å². The van der Waals surface area contributed by atoms with Gasteiger partial charge in [0, 0.05) is 4.47 Å². The van der Waals surface area contributed by atoms with E-state index in [2.05, 4.69) is 15.9 Å². The van der Waals surface area contributed by atoms with E-state index >= 15 is 0 Å². The first-order valence-corrected chi connectivity index (χ1v) is 5.06. The van der Waals surface area contributed by atoms with Crippen LogP contribution in [0.5, 0.6) is 0 Å².